The summed E-state index contributed by atoms with van der Waals surface area (Å²) in [7, 11) is 1.71. The molecule has 11 heavy (non-hydrogen) atoms. The van der Waals surface area contributed by atoms with Crippen molar-refractivity contribution in [3.8, 4) is 0 Å². The normalized spacial score (nSPS) is 23.7. The molecule has 1 unspecified atom stereocenters. The fourth-order valence-electron chi connectivity index (χ4n) is 1.11. The fourth-order valence-corrected chi connectivity index (χ4v) is 1.11. The molecule has 60 valence electrons. The van der Waals surface area contributed by atoms with Crippen LogP contribution in [-0.2, 0) is 4.74 Å². The van der Waals surface area contributed by atoms with Crippen molar-refractivity contribution in [3.63, 3.8) is 0 Å². The van der Waals surface area contributed by atoms with Crippen LogP contribution < -0.4 is 0 Å². The second kappa shape index (κ2) is 3.42. The molecule has 1 nitrogen and oxygen atoms in total. The van der Waals surface area contributed by atoms with Gasteiger partial charge in [-0.25, -0.2) is 0 Å². The van der Waals surface area contributed by atoms with Gasteiger partial charge in [-0.15, -0.1) is 0 Å². The molecule has 1 aliphatic carbocycles. The summed E-state index contributed by atoms with van der Waals surface area (Å²) in [5.74, 6) is 1.46. The van der Waals surface area contributed by atoms with E-state index in [9.17, 15) is 0 Å². The zero-order chi connectivity index (χ0) is 8.27. The Morgan fingerprint density at radius 2 is 2.18 bits per heavy atom. The molecule has 0 aromatic carbocycles. The van der Waals surface area contributed by atoms with Gasteiger partial charge in [0.05, 0.1) is 7.11 Å². The van der Waals surface area contributed by atoms with Crippen LogP contribution >= 0.6 is 0 Å². The molecular formula is C10H14O. The van der Waals surface area contributed by atoms with Crippen molar-refractivity contribution in [1.82, 2.24) is 0 Å². The number of ether oxygens (including phenoxy) is 1. The van der Waals surface area contributed by atoms with Crippen molar-refractivity contribution in [3.05, 3.63) is 35.6 Å². The standard InChI is InChI=1S/C10H14O/c1-8-5-4-6-9(2)10(7-8)11-3/h4-8H,1-3H3. The van der Waals surface area contributed by atoms with Crippen LogP contribution in [0.15, 0.2) is 35.6 Å². The quantitative estimate of drug-likeness (QED) is 0.558. The maximum atomic E-state index is 5.21. The van der Waals surface area contributed by atoms with Gasteiger partial charge in [-0.1, -0.05) is 25.2 Å². The minimum absolute atomic E-state index is 0.471. The zero-order valence-corrected chi connectivity index (χ0v) is 7.29. The summed E-state index contributed by atoms with van der Waals surface area (Å²) in [6.45, 7) is 4.19. The minimum atomic E-state index is 0.471. The molecule has 0 aliphatic heterocycles. The average molecular weight is 150 g/mol. The predicted molar refractivity (Wildman–Crippen MR) is 47.2 cm³/mol. The highest BCUT2D eigenvalue weighted by molar-refractivity contribution is 5.31. The van der Waals surface area contributed by atoms with Gasteiger partial charge < -0.3 is 4.74 Å². The first-order chi connectivity index (χ1) is 5.24. The highest BCUT2D eigenvalue weighted by atomic mass is 16.5. The molecular weight excluding hydrogens is 136 g/mol. The van der Waals surface area contributed by atoms with Crippen molar-refractivity contribution in [2.75, 3.05) is 7.11 Å². The summed E-state index contributed by atoms with van der Waals surface area (Å²) < 4.78 is 5.21. The Bertz CT molecular complexity index is 221. The van der Waals surface area contributed by atoms with Crippen LogP contribution in [0.2, 0.25) is 0 Å². The van der Waals surface area contributed by atoms with Crippen molar-refractivity contribution >= 4 is 0 Å². The summed E-state index contributed by atoms with van der Waals surface area (Å²) in [6, 6.07) is 0. The van der Waals surface area contributed by atoms with Gasteiger partial charge in [-0.05, 0) is 24.5 Å². The number of methoxy groups -OCH3 is 1. The molecule has 0 bridgehead atoms. The van der Waals surface area contributed by atoms with Gasteiger partial charge in [0.15, 0.2) is 0 Å². The smallest absolute Gasteiger partial charge is 0.118 e. The van der Waals surface area contributed by atoms with Crippen molar-refractivity contribution < 1.29 is 4.74 Å². The van der Waals surface area contributed by atoms with Crippen LogP contribution in [0.1, 0.15) is 13.8 Å². The third-order valence-electron chi connectivity index (χ3n) is 1.78. The summed E-state index contributed by atoms with van der Waals surface area (Å²) in [6.07, 6.45) is 8.41. The molecule has 0 amide bonds. The maximum Gasteiger partial charge on any atom is 0.118 e. The van der Waals surface area contributed by atoms with E-state index in [1.165, 1.54) is 5.57 Å². The summed E-state index contributed by atoms with van der Waals surface area (Å²) in [5.41, 5.74) is 1.19. The summed E-state index contributed by atoms with van der Waals surface area (Å²) in [4.78, 5) is 0. The first-order valence-electron chi connectivity index (χ1n) is 3.85. The maximum absolute atomic E-state index is 5.21. The van der Waals surface area contributed by atoms with Crippen LogP contribution in [0, 0.1) is 5.92 Å². The molecule has 0 saturated heterocycles. The van der Waals surface area contributed by atoms with E-state index in [1.807, 2.05) is 0 Å². The SMILES string of the molecule is COC1=CC(C)C=CC=C1C. The number of allylic oxidation sites excluding steroid dienone is 5. The highest BCUT2D eigenvalue weighted by Gasteiger charge is 2.03. The molecule has 1 aliphatic rings. The molecule has 0 heterocycles. The Morgan fingerprint density at radius 1 is 1.45 bits per heavy atom. The Morgan fingerprint density at radius 3 is 2.82 bits per heavy atom. The molecule has 1 rings (SSSR count). The fraction of sp³-hybridized carbons (Fsp3) is 0.400. The lowest BCUT2D eigenvalue weighted by Gasteiger charge is -2.05. The first kappa shape index (κ1) is 8.12. The van der Waals surface area contributed by atoms with Gasteiger partial charge in [0, 0.05) is 0 Å². The Hall–Kier alpha value is -0.980. The minimum Gasteiger partial charge on any atom is -0.497 e. The lowest BCUT2D eigenvalue weighted by Crippen LogP contribution is -1.90. The van der Waals surface area contributed by atoms with E-state index in [2.05, 4.69) is 38.2 Å². The zero-order valence-electron chi connectivity index (χ0n) is 7.29. The summed E-state index contributed by atoms with van der Waals surface area (Å²) in [5, 5.41) is 0. The van der Waals surface area contributed by atoms with Crippen LogP contribution in [0.3, 0.4) is 0 Å². The van der Waals surface area contributed by atoms with E-state index >= 15 is 0 Å². The summed E-state index contributed by atoms with van der Waals surface area (Å²) >= 11 is 0. The van der Waals surface area contributed by atoms with Gasteiger partial charge in [0.1, 0.15) is 5.76 Å². The van der Waals surface area contributed by atoms with E-state index in [4.69, 9.17) is 4.74 Å². The molecule has 0 saturated carbocycles. The van der Waals surface area contributed by atoms with E-state index < -0.39 is 0 Å². The highest BCUT2D eigenvalue weighted by Crippen LogP contribution is 2.17. The monoisotopic (exact) mass is 150 g/mol. The molecule has 0 fully saturated rings. The van der Waals surface area contributed by atoms with Crippen molar-refractivity contribution in [2.24, 2.45) is 5.92 Å². The molecule has 1 atom stereocenters. The number of hydrogen-bond acceptors (Lipinski definition) is 1. The van der Waals surface area contributed by atoms with Crippen LogP contribution in [-0.4, -0.2) is 7.11 Å². The van der Waals surface area contributed by atoms with E-state index in [0.29, 0.717) is 5.92 Å². The lowest BCUT2D eigenvalue weighted by molar-refractivity contribution is 0.298. The number of rotatable bonds is 1. The van der Waals surface area contributed by atoms with Gasteiger partial charge >= 0.3 is 0 Å². The van der Waals surface area contributed by atoms with Crippen LogP contribution in [0.4, 0.5) is 0 Å². The first-order valence-corrected chi connectivity index (χ1v) is 3.85. The van der Waals surface area contributed by atoms with Gasteiger partial charge in [0.2, 0.25) is 0 Å². The van der Waals surface area contributed by atoms with Gasteiger partial charge in [0.25, 0.3) is 0 Å². The van der Waals surface area contributed by atoms with E-state index in [-0.39, 0.29) is 0 Å². The predicted octanol–water partition coefficient (Wildman–Crippen LogP) is 2.67. The molecule has 0 radical (unpaired) electrons. The van der Waals surface area contributed by atoms with E-state index in [1.54, 1.807) is 7.11 Å². The number of hydrogen-bond donors (Lipinski definition) is 0. The average Bonchev–Trinajstić information content (AvgIpc) is 2.13. The molecule has 0 spiro atoms. The largest absolute Gasteiger partial charge is 0.497 e. The van der Waals surface area contributed by atoms with Gasteiger partial charge in [-0.2, -0.15) is 0 Å². The Labute approximate surface area is 68.1 Å². The molecule has 0 aromatic heterocycles. The Kier molecular flexibility index (Phi) is 2.53. The van der Waals surface area contributed by atoms with Crippen molar-refractivity contribution in [2.45, 2.75) is 13.8 Å². The molecule has 0 N–H and O–H groups in total. The van der Waals surface area contributed by atoms with E-state index in [0.717, 1.165) is 5.76 Å². The second-order valence-corrected chi connectivity index (χ2v) is 2.83. The van der Waals surface area contributed by atoms with Crippen LogP contribution in [0.25, 0.3) is 0 Å². The van der Waals surface area contributed by atoms with Gasteiger partial charge in [-0.3, -0.25) is 0 Å². The molecule has 0 aromatic rings. The third-order valence-corrected chi connectivity index (χ3v) is 1.78. The van der Waals surface area contributed by atoms with Crippen molar-refractivity contribution in [1.29, 1.82) is 0 Å². The van der Waals surface area contributed by atoms with Crippen LogP contribution in [0.5, 0.6) is 0 Å². The second-order valence-electron chi connectivity index (χ2n) is 2.83. The Balaban J connectivity index is 2.89. The third kappa shape index (κ3) is 1.97. The lowest BCUT2D eigenvalue weighted by atomic mass is 10.1. The topological polar surface area (TPSA) is 9.23 Å². The molecule has 1 heteroatoms.